The first-order valence-corrected chi connectivity index (χ1v) is 11.0. The molecule has 0 bridgehead atoms. The number of fused-ring (bicyclic) bond motifs is 1. The SMILES string of the molecule is CN(C(=O)CCc1cccc(F)c1)[C@H](COC(=O)Nc1cc2cc(F)ccc2cn1)CC(O)CO. The summed E-state index contributed by atoms with van der Waals surface area (Å²) in [6.45, 7) is -0.779. The van der Waals surface area contributed by atoms with E-state index in [2.05, 4.69) is 10.3 Å². The fraction of sp³-hybridized carbons (Fsp3) is 0.320. The Bertz CT molecular complexity index is 1180. The first-order valence-electron chi connectivity index (χ1n) is 11.0. The minimum absolute atomic E-state index is 0.0283. The van der Waals surface area contributed by atoms with E-state index in [-0.39, 0.29) is 31.2 Å². The number of aliphatic hydroxyl groups is 2. The summed E-state index contributed by atoms with van der Waals surface area (Å²) < 4.78 is 32.1. The number of hydrogen-bond acceptors (Lipinski definition) is 6. The van der Waals surface area contributed by atoms with Crippen LogP contribution in [-0.4, -0.2) is 64.5 Å². The molecule has 3 aromatic rings. The molecule has 0 saturated carbocycles. The number of carbonyl (C=O) groups is 2. The lowest BCUT2D eigenvalue weighted by atomic mass is 10.1. The quantitative estimate of drug-likeness (QED) is 0.405. The van der Waals surface area contributed by atoms with Crippen molar-refractivity contribution in [3.05, 3.63) is 71.9 Å². The van der Waals surface area contributed by atoms with Gasteiger partial charge in [0, 0.05) is 25.1 Å². The monoisotopic (exact) mass is 487 g/mol. The number of nitrogens with zero attached hydrogens (tertiary/aromatic N) is 2. The van der Waals surface area contributed by atoms with Crippen LogP contribution in [0.25, 0.3) is 10.8 Å². The zero-order valence-corrected chi connectivity index (χ0v) is 19.2. The number of halogens is 2. The van der Waals surface area contributed by atoms with Crippen molar-refractivity contribution in [2.24, 2.45) is 0 Å². The summed E-state index contributed by atoms with van der Waals surface area (Å²) in [5, 5.41) is 22.8. The summed E-state index contributed by atoms with van der Waals surface area (Å²) >= 11 is 0. The standard InChI is InChI=1S/C25H27F2N3O5/c1-30(24(33)8-5-16-3-2-4-19(26)9-16)21(12-22(32)14-31)15-35-25(34)29-23-11-18-10-20(27)7-6-17(18)13-28-23/h2-4,6-7,9-11,13,21-22,31-32H,5,8,12,14-15H2,1H3,(H,28,29,34)/t21-,22?/m0/s1. The number of anilines is 1. The Hall–Kier alpha value is -3.63. The summed E-state index contributed by atoms with van der Waals surface area (Å²) in [5.41, 5.74) is 0.664. The van der Waals surface area contributed by atoms with Crippen LogP contribution in [0.2, 0.25) is 0 Å². The van der Waals surface area contributed by atoms with Gasteiger partial charge in [0.05, 0.1) is 18.8 Å². The van der Waals surface area contributed by atoms with Crippen molar-refractivity contribution < 1.29 is 33.3 Å². The highest BCUT2D eigenvalue weighted by Crippen LogP contribution is 2.18. The van der Waals surface area contributed by atoms with Gasteiger partial charge in [0.25, 0.3) is 0 Å². The molecule has 0 aliphatic rings. The number of hydrogen-bond donors (Lipinski definition) is 3. The number of benzene rings is 2. The Balaban J connectivity index is 1.59. The first-order chi connectivity index (χ1) is 16.7. The molecule has 8 nitrogen and oxygen atoms in total. The van der Waals surface area contributed by atoms with E-state index >= 15 is 0 Å². The highest BCUT2D eigenvalue weighted by molar-refractivity contribution is 5.89. The molecule has 0 radical (unpaired) electrons. The van der Waals surface area contributed by atoms with Gasteiger partial charge in [-0.05, 0) is 60.2 Å². The lowest BCUT2D eigenvalue weighted by Crippen LogP contribution is -2.43. The van der Waals surface area contributed by atoms with Crippen LogP contribution in [0.5, 0.6) is 0 Å². The van der Waals surface area contributed by atoms with E-state index < -0.39 is 36.5 Å². The zero-order chi connectivity index (χ0) is 25.4. The molecule has 1 unspecified atom stereocenters. The summed E-state index contributed by atoms with van der Waals surface area (Å²) in [6, 6.07) is 10.9. The van der Waals surface area contributed by atoms with Gasteiger partial charge in [-0.25, -0.2) is 18.6 Å². The van der Waals surface area contributed by atoms with Gasteiger partial charge in [0.2, 0.25) is 5.91 Å². The van der Waals surface area contributed by atoms with E-state index in [4.69, 9.17) is 4.74 Å². The molecule has 2 amide bonds. The second-order valence-electron chi connectivity index (χ2n) is 8.14. The predicted molar refractivity (Wildman–Crippen MR) is 126 cm³/mol. The van der Waals surface area contributed by atoms with Crippen LogP contribution in [0.1, 0.15) is 18.4 Å². The van der Waals surface area contributed by atoms with Crippen LogP contribution in [0.4, 0.5) is 19.4 Å². The number of amides is 2. The molecule has 35 heavy (non-hydrogen) atoms. The van der Waals surface area contributed by atoms with Gasteiger partial charge >= 0.3 is 6.09 Å². The van der Waals surface area contributed by atoms with Crippen LogP contribution in [0.15, 0.2) is 54.7 Å². The van der Waals surface area contributed by atoms with E-state index in [0.29, 0.717) is 22.8 Å². The molecular formula is C25H27F2N3O5. The molecule has 2 aromatic carbocycles. The van der Waals surface area contributed by atoms with Crippen molar-refractivity contribution in [1.82, 2.24) is 9.88 Å². The third-order valence-electron chi connectivity index (χ3n) is 5.53. The summed E-state index contributed by atoms with van der Waals surface area (Å²) in [4.78, 5) is 30.4. The van der Waals surface area contributed by atoms with Gasteiger partial charge in [-0.15, -0.1) is 0 Å². The highest BCUT2D eigenvalue weighted by atomic mass is 19.1. The molecule has 1 heterocycles. The summed E-state index contributed by atoms with van der Waals surface area (Å²) in [6.07, 6.45) is -0.129. The lowest BCUT2D eigenvalue weighted by Gasteiger charge is -2.29. The van der Waals surface area contributed by atoms with Gasteiger partial charge < -0.3 is 19.8 Å². The van der Waals surface area contributed by atoms with E-state index in [0.717, 1.165) is 0 Å². The second kappa shape index (κ2) is 12.2. The maximum atomic E-state index is 13.5. The van der Waals surface area contributed by atoms with E-state index in [1.807, 2.05) is 0 Å². The van der Waals surface area contributed by atoms with Gasteiger partial charge in [0.15, 0.2) is 0 Å². The molecule has 186 valence electrons. The smallest absolute Gasteiger partial charge is 0.412 e. The minimum atomic E-state index is -1.12. The lowest BCUT2D eigenvalue weighted by molar-refractivity contribution is -0.133. The van der Waals surface area contributed by atoms with Gasteiger partial charge in [-0.2, -0.15) is 0 Å². The predicted octanol–water partition coefficient (Wildman–Crippen LogP) is 3.26. The fourth-order valence-corrected chi connectivity index (χ4v) is 3.54. The maximum Gasteiger partial charge on any atom is 0.412 e. The van der Waals surface area contributed by atoms with Crippen LogP contribution >= 0.6 is 0 Å². The average molecular weight is 488 g/mol. The van der Waals surface area contributed by atoms with Crippen molar-refractivity contribution in [3.63, 3.8) is 0 Å². The number of rotatable bonds is 10. The molecule has 10 heteroatoms. The Morgan fingerprint density at radius 3 is 2.63 bits per heavy atom. The third-order valence-corrected chi connectivity index (χ3v) is 5.53. The van der Waals surface area contributed by atoms with Gasteiger partial charge in [0.1, 0.15) is 24.1 Å². The van der Waals surface area contributed by atoms with Crippen LogP contribution < -0.4 is 5.32 Å². The third kappa shape index (κ3) is 7.69. The van der Waals surface area contributed by atoms with E-state index in [9.17, 15) is 28.6 Å². The first kappa shape index (κ1) is 26.0. The largest absolute Gasteiger partial charge is 0.447 e. The molecule has 0 aliphatic carbocycles. The molecule has 0 aliphatic heterocycles. The normalized spacial score (nSPS) is 12.7. The van der Waals surface area contributed by atoms with Crippen molar-refractivity contribution in [2.75, 3.05) is 25.6 Å². The number of aromatic nitrogens is 1. The van der Waals surface area contributed by atoms with Crippen LogP contribution in [-0.2, 0) is 16.0 Å². The Kier molecular flexibility index (Phi) is 9.04. The fourth-order valence-electron chi connectivity index (χ4n) is 3.54. The Morgan fingerprint density at radius 1 is 1.11 bits per heavy atom. The number of likely N-dealkylation sites (N-methyl/N-ethyl adjacent to an activating group) is 1. The van der Waals surface area contributed by atoms with Crippen LogP contribution in [0, 0.1) is 11.6 Å². The summed E-state index contributed by atoms with van der Waals surface area (Å²) in [7, 11) is 1.50. The maximum absolute atomic E-state index is 13.5. The number of nitrogens with one attached hydrogen (secondary N) is 1. The van der Waals surface area contributed by atoms with E-state index in [1.165, 1.54) is 48.5 Å². The van der Waals surface area contributed by atoms with Crippen molar-refractivity contribution >= 4 is 28.6 Å². The molecule has 1 aromatic heterocycles. The van der Waals surface area contributed by atoms with Crippen LogP contribution in [0.3, 0.4) is 0 Å². The second-order valence-corrected chi connectivity index (χ2v) is 8.14. The molecular weight excluding hydrogens is 460 g/mol. The van der Waals surface area contributed by atoms with Crippen molar-refractivity contribution in [1.29, 1.82) is 0 Å². The van der Waals surface area contributed by atoms with Crippen molar-refractivity contribution in [2.45, 2.75) is 31.4 Å². The van der Waals surface area contributed by atoms with Gasteiger partial charge in [-0.3, -0.25) is 10.1 Å². The molecule has 3 rings (SSSR count). The summed E-state index contributed by atoms with van der Waals surface area (Å²) in [5.74, 6) is -0.962. The zero-order valence-electron chi connectivity index (χ0n) is 19.2. The van der Waals surface area contributed by atoms with E-state index in [1.54, 1.807) is 18.2 Å². The molecule has 2 atom stereocenters. The highest BCUT2D eigenvalue weighted by Gasteiger charge is 2.24. The number of aryl methyl sites for hydroxylation is 1. The number of pyridine rings is 1. The molecule has 0 spiro atoms. The van der Waals surface area contributed by atoms with Crippen molar-refractivity contribution in [3.8, 4) is 0 Å². The average Bonchev–Trinajstić information content (AvgIpc) is 2.84. The molecule has 0 saturated heterocycles. The molecule has 3 N–H and O–H groups in total. The number of ether oxygens (including phenoxy) is 1. The molecule has 0 fully saturated rings. The number of carbonyl (C=O) groups excluding carboxylic acids is 2. The topological polar surface area (TPSA) is 112 Å². The number of aliphatic hydroxyl groups excluding tert-OH is 2. The Morgan fingerprint density at radius 2 is 1.89 bits per heavy atom. The van der Waals surface area contributed by atoms with Gasteiger partial charge in [-0.1, -0.05) is 12.1 Å². The minimum Gasteiger partial charge on any atom is -0.447 e. The Labute approximate surface area is 201 Å².